The molecular weight excluding hydrogens is 312 g/mol. The van der Waals surface area contributed by atoms with Crippen LogP contribution in [0.4, 0.5) is 11.4 Å². The Labute approximate surface area is 118 Å². The number of benzene rings is 1. The molecule has 0 N–H and O–H groups in total. The maximum Gasteiger partial charge on any atom is 0.294 e. The van der Waals surface area contributed by atoms with Gasteiger partial charge in [0.25, 0.3) is 11.4 Å². The van der Waals surface area contributed by atoms with Crippen molar-refractivity contribution in [3.8, 4) is 0 Å². The van der Waals surface area contributed by atoms with Gasteiger partial charge in [-0.15, -0.1) is 11.6 Å². The highest BCUT2D eigenvalue weighted by molar-refractivity contribution is 7.91. The summed E-state index contributed by atoms with van der Waals surface area (Å²) in [5.74, 6) is -0.365. The lowest BCUT2D eigenvalue weighted by molar-refractivity contribution is -0.396. The molecule has 0 fully saturated rings. The van der Waals surface area contributed by atoms with Crippen LogP contribution in [-0.2, 0) is 9.84 Å². The topological polar surface area (TPSA) is 120 Å². The highest BCUT2D eigenvalue weighted by atomic mass is 35.5. The van der Waals surface area contributed by atoms with Crippen LogP contribution in [0.25, 0.3) is 0 Å². The highest BCUT2D eigenvalue weighted by Crippen LogP contribution is 2.29. The summed E-state index contributed by atoms with van der Waals surface area (Å²) >= 11 is 5.35. The van der Waals surface area contributed by atoms with Crippen LogP contribution in [0.5, 0.6) is 0 Å². The van der Waals surface area contributed by atoms with E-state index in [1.807, 2.05) is 0 Å². The maximum absolute atomic E-state index is 11.9. The number of alkyl halides is 1. The summed E-state index contributed by atoms with van der Waals surface area (Å²) in [6, 6.07) is 2.39. The number of halogens is 1. The minimum absolute atomic E-state index is 0.109. The van der Waals surface area contributed by atoms with Crippen LogP contribution >= 0.6 is 11.6 Å². The number of nitro groups is 2. The molecule has 0 radical (unpaired) electrons. The van der Waals surface area contributed by atoms with Crippen molar-refractivity contribution in [1.29, 1.82) is 0 Å². The summed E-state index contributed by atoms with van der Waals surface area (Å²) in [6.45, 7) is 0. The molecule has 1 rings (SSSR count). The lowest BCUT2D eigenvalue weighted by Crippen LogP contribution is -2.08. The summed E-state index contributed by atoms with van der Waals surface area (Å²) in [5, 5.41) is 21.4. The normalized spacial score (nSPS) is 11.7. The second-order valence-electron chi connectivity index (χ2n) is 3.57. The summed E-state index contributed by atoms with van der Waals surface area (Å²) < 4.78 is 23.9. The predicted molar refractivity (Wildman–Crippen MR) is 71.7 cm³/mol. The zero-order valence-corrected chi connectivity index (χ0v) is 11.5. The molecule has 0 aliphatic carbocycles. The fraction of sp³-hybridized carbons (Fsp3) is 0.200. The van der Waals surface area contributed by atoms with Gasteiger partial charge in [0.1, 0.15) is 4.90 Å². The van der Waals surface area contributed by atoms with Gasteiger partial charge in [-0.1, -0.05) is 12.2 Å². The van der Waals surface area contributed by atoms with Gasteiger partial charge < -0.3 is 0 Å². The third-order valence-electron chi connectivity index (χ3n) is 2.26. The van der Waals surface area contributed by atoms with E-state index in [9.17, 15) is 28.6 Å². The lowest BCUT2D eigenvalue weighted by atomic mass is 10.3. The molecule has 0 heterocycles. The summed E-state index contributed by atoms with van der Waals surface area (Å²) in [7, 11) is -3.96. The number of sulfone groups is 1. The Kier molecular flexibility index (Phi) is 5.17. The highest BCUT2D eigenvalue weighted by Gasteiger charge is 2.27. The Morgan fingerprint density at radius 1 is 1.15 bits per heavy atom. The average molecular weight is 321 g/mol. The molecular formula is C10H9ClN2O6S. The number of nitro benzene ring substituents is 2. The second-order valence-corrected chi connectivity index (χ2v) is 5.88. The third kappa shape index (κ3) is 3.75. The summed E-state index contributed by atoms with van der Waals surface area (Å²) in [6.07, 6.45) is 2.64. The number of nitrogens with zero attached hydrogens (tertiary/aromatic N) is 2. The standard InChI is InChI=1S/C10H9ClN2O6S/c11-5-1-2-6-20(18,19)10-4-3-8(12(14)15)7-9(10)13(16)17/h1-4,7H,5-6H2/b2-1+. The van der Waals surface area contributed by atoms with Gasteiger partial charge in [-0.2, -0.15) is 0 Å². The Balaban J connectivity index is 3.34. The van der Waals surface area contributed by atoms with Crippen LogP contribution in [0.1, 0.15) is 0 Å². The van der Waals surface area contributed by atoms with Gasteiger partial charge in [-0.3, -0.25) is 20.2 Å². The summed E-state index contributed by atoms with van der Waals surface area (Å²) in [5.41, 5.74) is -1.37. The Morgan fingerprint density at radius 2 is 1.80 bits per heavy atom. The number of hydrogen-bond acceptors (Lipinski definition) is 6. The fourth-order valence-corrected chi connectivity index (χ4v) is 2.79. The van der Waals surface area contributed by atoms with Gasteiger partial charge in [-0.05, 0) is 6.07 Å². The number of allylic oxidation sites excluding steroid dienone is 1. The van der Waals surface area contributed by atoms with Crippen molar-refractivity contribution in [2.24, 2.45) is 0 Å². The minimum Gasteiger partial charge on any atom is -0.258 e. The molecule has 1 aromatic carbocycles. The lowest BCUT2D eigenvalue weighted by Gasteiger charge is -2.03. The summed E-state index contributed by atoms with van der Waals surface area (Å²) in [4.78, 5) is 19.0. The van der Waals surface area contributed by atoms with Crippen molar-refractivity contribution in [2.45, 2.75) is 4.90 Å². The molecule has 0 spiro atoms. The molecule has 1 aromatic rings. The van der Waals surface area contributed by atoms with E-state index in [0.717, 1.165) is 12.1 Å². The first kappa shape index (κ1) is 16.1. The van der Waals surface area contributed by atoms with Crippen LogP contribution in [0.15, 0.2) is 35.2 Å². The quantitative estimate of drug-likeness (QED) is 0.342. The van der Waals surface area contributed by atoms with E-state index in [0.29, 0.717) is 6.07 Å². The Hall–Kier alpha value is -2.00. The van der Waals surface area contributed by atoms with E-state index in [-0.39, 0.29) is 5.88 Å². The van der Waals surface area contributed by atoms with Gasteiger partial charge >= 0.3 is 0 Å². The minimum atomic E-state index is -3.96. The van der Waals surface area contributed by atoms with Crippen molar-refractivity contribution in [3.63, 3.8) is 0 Å². The predicted octanol–water partition coefficient (Wildman–Crippen LogP) is 2.07. The first-order valence-corrected chi connectivity index (χ1v) is 7.35. The smallest absolute Gasteiger partial charge is 0.258 e. The number of rotatable bonds is 6. The molecule has 0 aromatic heterocycles. The molecule has 0 saturated carbocycles. The molecule has 0 aliphatic rings. The van der Waals surface area contributed by atoms with Crippen molar-refractivity contribution in [3.05, 3.63) is 50.6 Å². The Morgan fingerprint density at radius 3 is 2.30 bits per heavy atom. The zero-order valence-electron chi connectivity index (χ0n) is 9.93. The SMILES string of the molecule is O=[N+]([O-])c1ccc(S(=O)(=O)C/C=C/CCl)c([N+](=O)[O-])c1. The first-order valence-electron chi connectivity index (χ1n) is 5.16. The second kappa shape index (κ2) is 6.44. The van der Waals surface area contributed by atoms with Gasteiger partial charge in [0.05, 0.1) is 21.7 Å². The molecule has 20 heavy (non-hydrogen) atoms. The van der Waals surface area contributed by atoms with Crippen molar-refractivity contribution >= 4 is 32.8 Å². The first-order chi connectivity index (χ1) is 9.29. The molecule has 8 nitrogen and oxygen atoms in total. The van der Waals surface area contributed by atoms with E-state index >= 15 is 0 Å². The van der Waals surface area contributed by atoms with Crippen LogP contribution in [0.3, 0.4) is 0 Å². The van der Waals surface area contributed by atoms with Gasteiger partial charge in [0.2, 0.25) is 0 Å². The van der Waals surface area contributed by atoms with Gasteiger partial charge in [-0.25, -0.2) is 8.42 Å². The molecule has 10 heteroatoms. The van der Waals surface area contributed by atoms with Crippen LogP contribution < -0.4 is 0 Å². The van der Waals surface area contributed by atoms with Gasteiger partial charge in [0.15, 0.2) is 9.84 Å². The van der Waals surface area contributed by atoms with E-state index in [2.05, 4.69) is 0 Å². The van der Waals surface area contributed by atoms with Crippen LogP contribution in [-0.4, -0.2) is 29.9 Å². The molecule has 0 aliphatic heterocycles. The molecule has 0 bridgehead atoms. The van der Waals surface area contributed by atoms with Gasteiger partial charge in [0, 0.05) is 11.9 Å². The largest absolute Gasteiger partial charge is 0.294 e. The molecule has 0 atom stereocenters. The molecule has 108 valence electrons. The van der Waals surface area contributed by atoms with E-state index in [1.165, 1.54) is 12.2 Å². The zero-order chi connectivity index (χ0) is 15.3. The maximum atomic E-state index is 11.9. The van der Waals surface area contributed by atoms with E-state index in [4.69, 9.17) is 11.6 Å². The van der Waals surface area contributed by atoms with E-state index in [1.54, 1.807) is 0 Å². The number of hydrogen-bond donors (Lipinski definition) is 0. The monoisotopic (exact) mass is 320 g/mol. The third-order valence-corrected chi connectivity index (χ3v) is 4.08. The number of non-ortho nitro benzene ring substituents is 1. The molecule has 0 unspecified atom stereocenters. The van der Waals surface area contributed by atoms with E-state index < -0.39 is 41.7 Å². The van der Waals surface area contributed by atoms with Crippen LogP contribution in [0.2, 0.25) is 0 Å². The fourth-order valence-electron chi connectivity index (χ4n) is 1.37. The average Bonchev–Trinajstić information content (AvgIpc) is 2.38. The molecule has 0 amide bonds. The van der Waals surface area contributed by atoms with Crippen molar-refractivity contribution in [1.82, 2.24) is 0 Å². The molecule has 0 saturated heterocycles. The Bertz CT molecular complexity index is 670. The van der Waals surface area contributed by atoms with Crippen LogP contribution in [0, 0.1) is 20.2 Å². The van der Waals surface area contributed by atoms with Crippen molar-refractivity contribution in [2.75, 3.05) is 11.6 Å². The van der Waals surface area contributed by atoms with Crippen molar-refractivity contribution < 1.29 is 18.3 Å².